The van der Waals surface area contributed by atoms with Gasteiger partial charge in [0.1, 0.15) is 5.75 Å². The quantitative estimate of drug-likeness (QED) is 0.729. The lowest BCUT2D eigenvalue weighted by atomic mass is 10.1. The Labute approximate surface area is 131 Å². The van der Waals surface area contributed by atoms with Crippen LogP contribution in [0, 0.1) is 6.92 Å². The van der Waals surface area contributed by atoms with E-state index in [1.807, 2.05) is 25.1 Å². The number of nitrogens with zero attached hydrogens (tertiary/aromatic N) is 1. The molecule has 22 heavy (non-hydrogen) atoms. The first-order valence-electron chi connectivity index (χ1n) is 6.69. The van der Waals surface area contributed by atoms with E-state index in [0.29, 0.717) is 12.2 Å². The van der Waals surface area contributed by atoms with E-state index in [2.05, 4.69) is 0 Å². The Morgan fingerprint density at radius 3 is 2.68 bits per heavy atom. The molecule has 0 aromatic heterocycles. The Bertz CT molecular complexity index is 715. The summed E-state index contributed by atoms with van der Waals surface area (Å²) >= 11 is 5.66. The first-order chi connectivity index (χ1) is 10.4. The number of anilines is 1. The number of halogens is 4. The molecule has 1 aliphatic rings. The van der Waals surface area contributed by atoms with E-state index in [-0.39, 0.29) is 11.8 Å². The van der Waals surface area contributed by atoms with Crippen molar-refractivity contribution in [3.8, 4) is 5.75 Å². The normalized spacial score (nSPS) is 14.5. The van der Waals surface area contributed by atoms with Crippen LogP contribution >= 0.6 is 11.6 Å². The lowest BCUT2D eigenvalue weighted by Crippen LogP contribution is -2.32. The highest BCUT2D eigenvalue weighted by Gasteiger charge is 2.34. The Balaban J connectivity index is 1.95. The monoisotopic (exact) mass is 327 g/mol. The fraction of sp³-hybridized carbons (Fsp3) is 0.250. The van der Waals surface area contributed by atoms with E-state index < -0.39 is 11.7 Å². The Morgan fingerprint density at radius 1 is 1.18 bits per heavy atom. The van der Waals surface area contributed by atoms with Crippen LogP contribution in [0.25, 0.3) is 0 Å². The number of fused-ring (bicyclic) bond motifs is 1. The molecule has 0 radical (unpaired) electrons. The van der Waals surface area contributed by atoms with Gasteiger partial charge in [0.25, 0.3) is 0 Å². The van der Waals surface area contributed by atoms with Gasteiger partial charge in [-0.25, -0.2) is 0 Å². The summed E-state index contributed by atoms with van der Waals surface area (Å²) in [5.74, 6) is 0.779. The summed E-state index contributed by atoms with van der Waals surface area (Å²) in [5.41, 5.74) is 1.64. The molecule has 116 valence electrons. The van der Waals surface area contributed by atoms with Gasteiger partial charge in [-0.2, -0.15) is 13.2 Å². The van der Waals surface area contributed by atoms with Gasteiger partial charge in [0.15, 0.2) is 6.73 Å². The topological polar surface area (TPSA) is 12.5 Å². The fourth-order valence-electron chi connectivity index (χ4n) is 2.49. The summed E-state index contributed by atoms with van der Waals surface area (Å²) in [5, 5.41) is -0.300. The molecule has 2 aromatic carbocycles. The van der Waals surface area contributed by atoms with Crippen molar-refractivity contribution in [2.45, 2.75) is 19.6 Å². The van der Waals surface area contributed by atoms with Crippen molar-refractivity contribution in [3.63, 3.8) is 0 Å². The summed E-state index contributed by atoms with van der Waals surface area (Å²) in [6.45, 7) is 2.66. The number of aryl methyl sites for hydroxylation is 1. The van der Waals surface area contributed by atoms with Crippen LogP contribution in [0.4, 0.5) is 18.9 Å². The second kappa shape index (κ2) is 5.39. The highest BCUT2D eigenvalue weighted by atomic mass is 35.5. The molecule has 0 fully saturated rings. The van der Waals surface area contributed by atoms with Crippen LogP contribution in [0.5, 0.6) is 5.75 Å². The summed E-state index contributed by atoms with van der Waals surface area (Å²) in [4.78, 5) is 1.75. The summed E-state index contributed by atoms with van der Waals surface area (Å²) < 4.78 is 44.5. The molecule has 0 N–H and O–H groups in total. The van der Waals surface area contributed by atoms with Gasteiger partial charge in [-0.05, 0) is 36.8 Å². The van der Waals surface area contributed by atoms with Gasteiger partial charge in [-0.3, -0.25) is 0 Å². The number of hydrogen-bond acceptors (Lipinski definition) is 2. The molecule has 2 nitrogen and oxygen atoms in total. The van der Waals surface area contributed by atoms with Gasteiger partial charge in [0.2, 0.25) is 0 Å². The third-order valence-electron chi connectivity index (χ3n) is 3.71. The summed E-state index contributed by atoms with van der Waals surface area (Å²) in [6, 6.07) is 9.62. The molecule has 1 aliphatic heterocycles. The SMILES string of the molecule is Cc1cccc2c1CN(c1ccc(Cl)c(C(F)(F)F)c1)CO2. The van der Waals surface area contributed by atoms with E-state index in [9.17, 15) is 13.2 Å². The zero-order valence-corrected chi connectivity index (χ0v) is 12.5. The molecule has 0 spiro atoms. The molecule has 1 heterocycles. The average Bonchev–Trinajstić information content (AvgIpc) is 2.47. The standard InChI is InChI=1S/C16H13ClF3NO/c1-10-3-2-4-15-12(10)8-21(9-22-15)11-5-6-14(17)13(7-11)16(18,19)20/h2-7H,8-9H2,1H3. The van der Waals surface area contributed by atoms with Crippen LogP contribution in [0.1, 0.15) is 16.7 Å². The number of alkyl halides is 3. The zero-order valence-electron chi connectivity index (χ0n) is 11.7. The Kier molecular flexibility index (Phi) is 3.68. The summed E-state index contributed by atoms with van der Waals surface area (Å²) in [6.07, 6.45) is -4.47. The number of ether oxygens (including phenoxy) is 1. The number of hydrogen-bond donors (Lipinski definition) is 0. The molecular weight excluding hydrogens is 315 g/mol. The predicted molar refractivity (Wildman–Crippen MR) is 79.3 cm³/mol. The van der Waals surface area contributed by atoms with E-state index in [1.165, 1.54) is 6.07 Å². The minimum absolute atomic E-state index is 0.204. The summed E-state index contributed by atoms with van der Waals surface area (Å²) in [7, 11) is 0. The maximum absolute atomic E-state index is 13.0. The first-order valence-corrected chi connectivity index (χ1v) is 7.07. The van der Waals surface area contributed by atoms with E-state index >= 15 is 0 Å². The van der Waals surface area contributed by atoms with Crippen molar-refractivity contribution >= 4 is 17.3 Å². The Hall–Kier alpha value is -1.88. The van der Waals surface area contributed by atoms with Crippen LogP contribution in [0.15, 0.2) is 36.4 Å². The van der Waals surface area contributed by atoms with Gasteiger partial charge in [-0.15, -0.1) is 0 Å². The lowest BCUT2D eigenvalue weighted by Gasteiger charge is -2.32. The van der Waals surface area contributed by atoms with Gasteiger partial charge in [0.05, 0.1) is 17.1 Å². The highest BCUT2D eigenvalue weighted by Crippen LogP contribution is 2.38. The molecule has 3 rings (SSSR count). The molecule has 6 heteroatoms. The van der Waals surface area contributed by atoms with Crippen LogP contribution in [0.3, 0.4) is 0 Å². The van der Waals surface area contributed by atoms with Gasteiger partial charge < -0.3 is 9.64 Å². The lowest BCUT2D eigenvalue weighted by molar-refractivity contribution is -0.137. The van der Waals surface area contributed by atoms with Crippen molar-refractivity contribution in [1.29, 1.82) is 0 Å². The molecule has 0 aliphatic carbocycles. The molecule has 0 bridgehead atoms. The average molecular weight is 328 g/mol. The molecule has 2 aromatic rings. The fourth-order valence-corrected chi connectivity index (χ4v) is 2.71. The van der Waals surface area contributed by atoms with Gasteiger partial charge in [0, 0.05) is 11.3 Å². The first kappa shape index (κ1) is 15.0. The minimum atomic E-state index is -4.47. The van der Waals surface area contributed by atoms with E-state index in [0.717, 1.165) is 22.9 Å². The minimum Gasteiger partial charge on any atom is -0.473 e. The molecule has 0 amide bonds. The number of rotatable bonds is 1. The van der Waals surface area contributed by atoms with Crippen molar-refractivity contribution in [3.05, 3.63) is 58.1 Å². The Morgan fingerprint density at radius 2 is 1.95 bits per heavy atom. The molecule has 0 saturated carbocycles. The third kappa shape index (κ3) is 2.73. The van der Waals surface area contributed by atoms with Crippen LogP contribution in [-0.2, 0) is 12.7 Å². The van der Waals surface area contributed by atoms with Gasteiger partial charge in [-0.1, -0.05) is 23.7 Å². The van der Waals surface area contributed by atoms with Crippen molar-refractivity contribution in [1.82, 2.24) is 0 Å². The van der Waals surface area contributed by atoms with Crippen LogP contribution in [0.2, 0.25) is 5.02 Å². The van der Waals surface area contributed by atoms with Gasteiger partial charge >= 0.3 is 6.18 Å². The van der Waals surface area contributed by atoms with Crippen LogP contribution in [-0.4, -0.2) is 6.73 Å². The second-order valence-corrected chi connectivity index (χ2v) is 5.59. The maximum Gasteiger partial charge on any atom is 0.417 e. The second-order valence-electron chi connectivity index (χ2n) is 5.18. The zero-order chi connectivity index (χ0) is 15.9. The van der Waals surface area contributed by atoms with Crippen molar-refractivity contribution in [2.24, 2.45) is 0 Å². The number of benzene rings is 2. The molecular formula is C16H13ClF3NO. The smallest absolute Gasteiger partial charge is 0.417 e. The molecule has 0 atom stereocenters. The predicted octanol–water partition coefficient (Wildman–Crippen LogP) is 5.02. The largest absolute Gasteiger partial charge is 0.473 e. The van der Waals surface area contributed by atoms with E-state index in [4.69, 9.17) is 16.3 Å². The van der Waals surface area contributed by atoms with Crippen LogP contribution < -0.4 is 9.64 Å². The third-order valence-corrected chi connectivity index (χ3v) is 4.04. The highest BCUT2D eigenvalue weighted by molar-refractivity contribution is 6.31. The van der Waals surface area contributed by atoms with E-state index in [1.54, 1.807) is 11.0 Å². The van der Waals surface area contributed by atoms with Crippen molar-refractivity contribution < 1.29 is 17.9 Å². The maximum atomic E-state index is 13.0. The molecule has 0 saturated heterocycles. The van der Waals surface area contributed by atoms with Crippen molar-refractivity contribution in [2.75, 3.05) is 11.6 Å². The molecule has 0 unspecified atom stereocenters.